The second kappa shape index (κ2) is 8.65. The third-order valence-electron chi connectivity index (χ3n) is 5.06. The van der Waals surface area contributed by atoms with E-state index in [2.05, 4.69) is 62.9 Å². The molecule has 144 valence electrons. The summed E-state index contributed by atoms with van der Waals surface area (Å²) in [6, 6.07) is 18.5. The first-order valence-electron chi connectivity index (χ1n) is 9.53. The van der Waals surface area contributed by atoms with Gasteiger partial charge in [0.25, 0.3) is 0 Å². The molecule has 5 nitrogen and oxygen atoms in total. The van der Waals surface area contributed by atoms with Crippen LogP contribution in [-0.2, 0) is 11.2 Å². The van der Waals surface area contributed by atoms with E-state index in [1.54, 1.807) is 11.3 Å². The zero-order chi connectivity index (χ0) is 19.3. The minimum atomic E-state index is -0.113. The average Bonchev–Trinajstić information content (AvgIpc) is 3.38. The van der Waals surface area contributed by atoms with E-state index in [0.29, 0.717) is 13.1 Å². The van der Waals surface area contributed by atoms with Gasteiger partial charge in [-0.1, -0.05) is 54.6 Å². The van der Waals surface area contributed by atoms with Crippen LogP contribution in [0.5, 0.6) is 0 Å². The van der Waals surface area contributed by atoms with Gasteiger partial charge in [-0.2, -0.15) is 0 Å². The van der Waals surface area contributed by atoms with Crippen LogP contribution in [0.15, 0.2) is 60.0 Å². The Kier molecular flexibility index (Phi) is 5.81. The highest BCUT2D eigenvalue weighted by Crippen LogP contribution is 2.25. The number of nitrogens with one attached hydrogen (secondary N) is 3. The van der Waals surface area contributed by atoms with E-state index in [1.165, 1.54) is 5.56 Å². The summed E-state index contributed by atoms with van der Waals surface area (Å²) in [4.78, 5) is 17.2. The predicted octanol–water partition coefficient (Wildman–Crippen LogP) is 3.24. The van der Waals surface area contributed by atoms with Crippen LogP contribution < -0.4 is 16.2 Å². The van der Waals surface area contributed by atoms with Crippen molar-refractivity contribution in [2.75, 3.05) is 13.1 Å². The number of rotatable bonds is 6. The molecular formula is C22H24N4OS. The summed E-state index contributed by atoms with van der Waals surface area (Å²) in [5.74, 6) is -0.0291. The number of carbonyl (C=O) groups is 1. The van der Waals surface area contributed by atoms with Crippen molar-refractivity contribution in [3.8, 4) is 11.3 Å². The largest absolute Gasteiger partial charge is 0.355 e. The molecule has 6 heteroatoms. The van der Waals surface area contributed by atoms with Crippen LogP contribution >= 0.6 is 11.3 Å². The lowest BCUT2D eigenvalue weighted by atomic mass is 9.94. The molecule has 0 aliphatic carbocycles. The van der Waals surface area contributed by atoms with Crippen molar-refractivity contribution in [2.45, 2.75) is 19.4 Å². The van der Waals surface area contributed by atoms with Gasteiger partial charge in [0.1, 0.15) is 0 Å². The molecule has 0 radical (unpaired) electrons. The van der Waals surface area contributed by atoms with Crippen LogP contribution in [0, 0.1) is 12.8 Å². The molecule has 2 heterocycles. The molecule has 1 fully saturated rings. The maximum Gasteiger partial charge on any atom is 0.226 e. The van der Waals surface area contributed by atoms with E-state index in [-0.39, 0.29) is 17.9 Å². The molecule has 4 rings (SSSR count). The molecule has 1 aromatic heterocycles. The molecule has 3 aromatic rings. The van der Waals surface area contributed by atoms with Gasteiger partial charge in [0.2, 0.25) is 5.91 Å². The van der Waals surface area contributed by atoms with Gasteiger partial charge in [-0.25, -0.2) is 10.4 Å². The first-order valence-corrected chi connectivity index (χ1v) is 10.4. The number of nitrogens with zero attached hydrogens (tertiary/aromatic N) is 1. The van der Waals surface area contributed by atoms with Crippen molar-refractivity contribution in [3.05, 3.63) is 76.1 Å². The standard InChI is InChI=1S/C22H24N4OS/c1-15-25-20(14-28-15)17-9-7-16(8-10-17)11-12-23-22(27)19-13-24-26-21(19)18-5-3-2-4-6-18/h2-10,14,19,21,24,26H,11-13H2,1H3,(H,23,27). The fourth-order valence-corrected chi connectivity index (χ4v) is 4.14. The molecule has 0 saturated carbocycles. The van der Waals surface area contributed by atoms with E-state index in [4.69, 9.17) is 0 Å². The van der Waals surface area contributed by atoms with E-state index in [9.17, 15) is 4.79 Å². The lowest BCUT2D eigenvalue weighted by molar-refractivity contribution is -0.124. The van der Waals surface area contributed by atoms with Crippen LogP contribution in [0.2, 0.25) is 0 Å². The van der Waals surface area contributed by atoms with Gasteiger partial charge in [0.15, 0.2) is 0 Å². The second-order valence-corrected chi connectivity index (χ2v) is 8.07. The third-order valence-corrected chi connectivity index (χ3v) is 5.83. The summed E-state index contributed by atoms with van der Waals surface area (Å²) >= 11 is 1.66. The van der Waals surface area contributed by atoms with Gasteiger partial charge in [-0.15, -0.1) is 11.3 Å². The highest BCUT2D eigenvalue weighted by Gasteiger charge is 2.33. The fraction of sp³-hybridized carbons (Fsp3) is 0.273. The number of amides is 1. The zero-order valence-corrected chi connectivity index (χ0v) is 16.6. The van der Waals surface area contributed by atoms with Crippen molar-refractivity contribution < 1.29 is 4.79 Å². The number of aromatic nitrogens is 1. The van der Waals surface area contributed by atoms with E-state index < -0.39 is 0 Å². The molecule has 1 aliphatic heterocycles. The monoisotopic (exact) mass is 392 g/mol. The molecule has 2 unspecified atom stereocenters. The third kappa shape index (κ3) is 4.30. The van der Waals surface area contributed by atoms with Crippen molar-refractivity contribution in [1.29, 1.82) is 0 Å². The Morgan fingerprint density at radius 1 is 1.18 bits per heavy atom. The van der Waals surface area contributed by atoms with Crippen LogP contribution in [0.25, 0.3) is 11.3 Å². The summed E-state index contributed by atoms with van der Waals surface area (Å²) in [5, 5.41) is 6.25. The molecule has 1 amide bonds. The summed E-state index contributed by atoms with van der Waals surface area (Å²) < 4.78 is 0. The summed E-state index contributed by atoms with van der Waals surface area (Å²) in [5.41, 5.74) is 10.8. The molecule has 28 heavy (non-hydrogen) atoms. The topological polar surface area (TPSA) is 66.0 Å². The summed E-state index contributed by atoms with van der Waals surface area (Å²) in [6.45, 7) is 3.28. The van der Waals surface area contributed by atoms with Crippen LogP contribution in [0.3, 0.4) is 0 Å². The maximum atomic E-state index is 12.7. The second-order valence-electron chi connectivity index (χ2n) is 7.01. The molecule has 0 spiro atoms. The minimum Gasteiger partial charge on any atom is -0.355 e. The Morgan fingerprint density at radius 3 is 2.68 bits per heavy atom. The molecule has 1 aliphatic rings. The lowest BCUT2D eigenvalue weighted by Crippen LogP contribution is -2.36. The van der Waals surface area contributed by atoms with E-state index >= 15 is 0 Å². The molecule has 0 bridgehead atoms. The van der Waals surface area contributed by atoms with Crippen LogP contribution in [0.4, 0.5) is 0 Å². The normalized spacial score (nSPS) is 18.9. The zero-order valence-electron chi connectivity index (χ0n) is 15.8. The Balaban J connectivity index is 1.30. The molecular weight excluding hydrogens is 368 g/mol. The molecule has 2 aromatic carbocycles. The predicted molar refractivity (Wildman–Crippen MR) is 113 cm³/mol. The first-order chi connectivity index (χ1) is 13.7. The van der Waals surface area contributed by atoms with Crippen molar-refractivity contribution in [3.63, 3.8) is 0 Å². The number of aryl methyl sites for hydroxylation is 1. The number of hydrogen-bond donors (Lipinski definition) is 3. The molecule has 3 N–H and O–H groups in total. The summed E-state index contributed by atoms with van der Waals surface area (Å²) in [7, 11) is 0. The van der Waals surface area contributed by atoms with E-state index in [1.807, 2.05) is 25.1 Å². The van der Waals surface area contributed by atoms with Crippen LogP contribution in [-0.4, -0.2) is 24.0 Å². The van der Waals surface area contributed by atoms with E-state index in [0.717, 1.165) is 28.2 Å². The van der Waals surface area contributed by atoms with Gasteiger partial charge in [-0.3, -0.25) is 10.2 Å². The highest BCUT2D eigenvalue weighted by atomic mass is 32.1. The Morgan fingerprint density at radius 2 is 1.96 bits per heavy atom. The molecule has 1 saturated heterocycles. The van der Waals surface area contributed by atoms with Gasteiger partial charge in [0.05, 0.1) is 22.7 Å². The smallest absolute Gasteiger partial charge is 0.226 e. The minimum absolute atomic E-state index is 0.00190. The van der Waals surface area contributed by atoms with Crippen LogP contribution in [0.1, 0.15) is 22.2 Å². The van der Waals surface area contributed by atoms with Gasteiger partial charge >= 0.3 is 0 Å². The van der Waals surface area contributed by atoms with Crippen molar-refractivity contribution >= 4 is 17.2 Å². The summed E-state index contributed by atoms with van der Waals surface area (Å²) in [6.07, 6.45) is 0.811. The van der Waals surface area contributed by atoms with Gasteiger partial charge in [-0.05, 0) is 24.5 Å². The van der Waals surface area contributed by atoms with Crippen molar-refractivity contribution in [1.82, 2.24) is 21.2 Å². The SMILES string of the molecule is Cc1nc(-c2ccc(CCNC(=O)C3CNNC3c3ccccc3)cc2)cs1. The maximum absolute atomic E-state index is 12.7. The number of carbonyl (C=O) groups excluding carboxylic acids is 1. The quantitative estimate of drug-likeness (QED) is 0.603. The number of hydrogen-bond acceptors (Lipinski definition) is 5. The van der Waals surface area contributed by atoms with Crippen molar-refractivity contribution in [2.24, 2.45) is 5.92 Å². The lowest BCUT2D eigenvalue weighted by Gasteiger charge is -2.18. The highest BCUT2D eigenvalue weighted by molar-refractivity contribution is 7.09. The number of benzene rings is 2. The Hall–Kier alpha value is -2.54. The number of hydrazine groups is 1. The number of thiazole rings is 1. The first kappa shape index (κ1) is 18.8. The fourth-order valence-electron chi connectivity index (χ4n) is 3.52. The Labute approximate surface area is 169 Å². The average molecular weight is 393 g/mol. The van der Waals surface area contributed by atoms with Gasteiger partial charge in [0, 0.05) is 24.0 Å². The molecule has 2 atom stereocenters. The van der Waals surface area contributed by atoms with Gasteiger partial charge < -0.3 is 5.32 Å². The Bertz CT molecular complexity index is 923.